The lowest BCUT2D eigenvalue weighted by atomic mass is 9.87. The number of amides is 3. The Kier molecular flexibility index (Phi) is 3.45. The van der Waals surface area contributed by atoms with Crippen LogP contribution in [0.1, 0.15) is 20.3 Å². The number of primary amides is 1. The van der Waals surface area contributed by atoms with Crippen LogP contribution in [0.3, 0.4) is 0 Å². The van der Waals surface area contributed by atoms with Crippen molar-refractivity contribution in [3.63, 3.8) is 0 Å². The van der Waals surface area contributed by atoms with Crippen LogP contribution in [0.2, 0.25) is 0 Å². The molecule has 0 aliphatic carbocycles. The lowest BCUT2D eigenvalue weighted by Crippen LogP contribution is -2.57. The van der Waals surface area contributed by atoms with Gasteiger partial charge in [0.05, 0.1) is 6.54 Å². The van der Waals surface area contributed by atoms with Crippen molar-refractivity contribution in [3.05, 3.63) is 0 Å². The number of likely N-dealkylation sites (N-methyl/N-ethyl adjacent to an activating group) is 2. The van der Waals surface area contributed by atoms with Gasteiger partial charge in [-0.2, -0.15) is 0 Å². The van der Waals surface area contributed by atoms with Gasteiger partial charge in [-0.15, -0.1) is 0 Å². The van der Waals surface area contributed by atoms with Crippen LogP contribution >= 0.6 is 0 Å². The summed E-state index contributed by atoms with van der Waals surface area (Å²) in [6, 6.07) is 0. The van der Waals surface area contributed by atoms with Crippen LogP contribution in [0.4, 0.5) is 0 Å². The van der Waals surface area contributed by atoms with Crippen LogP contribution < -0.4 is 5.73 Å². The van der Waals surface area contributed by atoms with Gasteiger partial charge in [0.15, 0.2) is 0 Å². The molecule has 1 saturated heterocycles. The highest BCUT2D eigenvalue weighted by molar-refractivity contribution is 5.96. The fourth-order valence-corrected chi connectivity index (χ4v) is 2.23. The number of hydrogen-bond donors (Lipinski definition) is 1. The Balaban J connectivity index is 2.93. The van der Waals surface area contributed by atoms with Gasteiger partial charge in [0.25, 0.3) is 0 Å². The molecule has 2 N–H and O–H groups in total. The van der Waals surface area contributed by atoms with E-state index in [-0.39, 0.29) is 24.3 Å². The van der Waals surface area contributed by atoms with Gasteiger partial charge in [0.1, 0.15) is 5.54 Å². The Morgan fingerprint density at radius 1 is 1.59 bits per heavy atom. The minimum Gasteiger partial charge on any atom is -0.368 e. The minimum absolute atomic E-state index is 0.0548. The van der Waals surface area contributed by atoms with Crippen molar-refractivity contribution >= 4 is 17.7 Å². The summed E-state index contributed by atoms with van der Waals surface area (Å²) < 4.78 is 0. The van der Waals surface area contributed by atoms with Crippen molar-refractivity contribution in [1.82, 2.24) is 9.80 Å². The van der Waals surface area contributed by atoms with E-state index in [4.69, 9.17) is 5.73 Å². The molecule has 17 heavy (non-hydrogen) atoms. The third-order valence-electron chi connectivity index (χ3n) is 3.68. The smallest absolute Gasteiger partial charge is 0.248 e. The summed E-state index contributed by atoms with van der Waals surface area (Å²) in [4.78, 5) is 37.4. The highest BCUT2D eigenvalue weighted by atomic mass is 16.2. The summed E-state index contributed by atoms with van der Waals surface area (Å²) in [7, 11) is 3.13. The van der Waals surface area contributed by atoms with Gasteiger partial charge in [0.2, 0.25) is 17.7 Å². The second kappa shape index (κ2) is 4.35. The average molecular weight is 241 g/mol. The highest BCUT2D eigenvalue weighted by Gasteiger charge is 2.51. The third kappa shape index (κ3) is 2.11. The molecule has 0 bridgehead atoms. The second-order valence-electron chi connectivity index (χ2n) is 4.83. The first-order valence-electron chi connectivity index (χ1n) is 5.51. The maximum Gasteiger partial charge on any atom is 0.248 e. The molecular weight excluding hydrogens is 222 g/mol. The van der Waals surface area contributed by atoms with E-state index in [0.717, 1.165) is 0 Å². The predicted octanol–water partition coefficient (Wildman–Crippen LogP) is -0.813. The van der Waals surface area contributed by atoms with Crippen LogP contribution in [-0.2, 0) is 14.4 Å². The zero-order chi connectivity index (χ0) is 13.4. The van der Waals surface area contributed by atoms with E-state index in [1.54, 1.807) is 14.0 Å². The molecule has 0 saturated carbocycles. The molecule has 1 fully saturated rings. The molecule has 1 aliphatic rings. The van der Waals surface area contributed by atoms with Gasteiger partial charge in [-0.25, -0.2) is 0 Å². The van der Waals surface area contributed by atoms with Gasteiger partial charge < -0.3 is 15.5 Å². The monoisotopic (exact) mass is 241 g/mol. The van der Waals surface area contributed by atoms with Crippen LogP contribution in [0, 0.1) is 5.92 Å². The summed E-state index contributed by atoms with van der Waals surface area (Å²) in [5, 5.41) is 0. The van der Waals surface area contributed by atoms with Crippen molar-refractivity contribution in [1.29, 1.82) is 0 Å². The van der Waals surface area contributed by atoms with E-state index in [1.807, 2.05) is 6.92 Å². The first-order chi connectivity index (χ1) is 7.71. The van der Waals surface area contributed by atoms with Crippen LogP contribution in [0.25, 0.3) is 0 Å². The molecule has 0 radical (unpaired) electrons. The van der Waals surface area contributed by atoms with E-state index < -0.39 is 11.4 Å². The Morgan fingerprint density at radius 2 is 2.12 bits per heavy atom. The molecule has 0 aromatic carbocycles. The predicted molar refractivity (Wildman–Crippen MR) is 61.8 cm³/mol. The highest BCUT2D eigenvalue weighted by Crippen LogP contribution is 2.35. The molecule has 1 heterocycles. The van der Waals surface area contributed by atoms with Crippen molar-refractivity contribution in [2.45, 2.75) is 25.8 Å². The quantitative estimate of drug-likeness (QED) is 0.701. The maximum atomic E-state index is 12.3. The topological polar surface area (TPSA) is 83.7 Å². The van der Waals surface area contributed by atoms with Crippen molar-refractivity contribution in [2.24, 2.45) is 11.7 Å². The fourth-order valence-electron chi connectivity index (χ4n) is 2.23. The van der Waals surface area contributed by atoms with Gasteiger partial charge in [-0.3, -0.25) is 14.4 Å². The molecule has 0 aromatic rings. The molecule has 6 nitrogen and oxygen atoms in total. The minimum atomic E-state index is -0.888. The van der Waals surface area contributed by atoms with Gasteiger partial charge in [0, 0.05) is 20.5 Å². The van der Waals surface area contributed by atoms with E-state index >= 15 is 0 Å². The van der Waals surface area contributed by atoms with Crippen LogP contribution in [-0.4, -0.2) is 53.7 Å². The molecule has 0 spiro atoms. The Bertz CT molecular complexity index is 369. The Hall–Kier alpha value is -1.59. The average Bonchev–Trinajstić information content (AvgIpc) is 2.41. The molecular formula is C11H19N3O3. The van der Waals surface area contributed by atoms with Crippen LogP contribution in [0.5, 0.6) is 0 Å². The van der Waals surface area contributed by atoms with Crippen LogP contribution in [0.15, 0.2) is 0 Å². The number of nitrogens with zero attached hydrogens (tertiary/aromatic N) is 2. The lowest BCUT2D eigenvalue weighted by molar-refractivity contribution is -0.147. The summed E-state index contributed by atoms with van der Waals surface area (Å²) in [6.07, 6.45) is 0.350. The summed E-state index contributed by atoms with van der Waals surface area (Å²) >= 11 is 0. The normalized spacial score (nSPS) is 28.4. The van der Waals surface area contributed by atoms with Gasteiger partial charge >= 0.3 is 0 Å². The standard InChI is InChI=1S/C11H19N3O3/c1-7-5-9(16)14(4)11(7,2)10(17)13(3)6-8(12)15/h7H,5-6H2,1-4H3,(H2,12,15). The van der Waals surface area contributed by atoms with Gasteiger partial charge in [-0.05, 0) is 12.8 Å². The van der Waals surface area contributed by atoms with E-state index in [9.17, 15) is 14.4 Å². The Morgan fingerprint density at radius 3 is 2.47 bits per heavy atom. The molecule has 1 aliphatic heterocycles. The molecule has 96 valence electrons. The SMILES string of the molecule is CC1CC(=O)N(C)C1(C)C(=O)N(C)CC(N)=O. The number of rotatable bonds is 3. The number of carbonyl (C=O) groups is 3. The summed E-state index contributed by atoms with van der Waals surface area (Å²) in [5.74, 6) is -0.954. The first kappa shape index (κ1) is 13.5. The Labute approximate surface area is 101 Å². The first-order valence-corrected chi connectivity index (χ1v) is 5.51. The number of hydrogen-bond acceptors (Lipinski definition) is 3. The number of likely N-dealkylation sites (tertiary alicyclic amines) is 1. The van der Waals surface area contributed by atoms with Crippen molar-refractivity contribution in [3.8, 4) is 0 Å². The molecule has 1 rings (SSSR count). The molecule has 6 heteroatoms. The van der Waals surface area contributed by atoms with E-state index in [2.05, 4.69) is 0 Å². The van der Waals surface area contributed by atoms with E-state index in [0.29, 0.717) is 6.42 Å². The van der Waals surface area contributed by atoms with Gasteiger partial charge in [-0.1, -0.05) is 6.92 Å². The zero-order valence-electron chi connectivity index (χ0n) is 10.7. The summed E-state index contributed by atoms with van der Waals surface area (Å²) in [5.41, 5.74) is 4.17. The largest absolute Gasteiger partial charge is 0.368 e. The number of nitrogens with two attached hydrogens (primary N) is 1. The zero-order valence-corrected chi connectivity index (χ0v) is 10.7. The molecule has 0 aromatic heterocycles. The number of carbonyl (C=O) groups excluding carboxylic acids is 3. The van der Waals surface area contributed by atoms with Crippen molar-refractivity contribution in [2.75, 3.05) is 20.6 Å². The third-order valence-corrected chi connectivity index (χ3v) is 3.68. The fraction of sp³-hybridized carbons (Fsp3) is 0.727. The molecule has 2 unspecified atom stereocenters. The maximum absolute atomic E-state index is 12.3. The molecule has 3 amide bonds. The molecule has 2 atom stereocenters. The summed E-state index contributed by atoms with van der Waals surface area (Å²) in [6.45, 7) is 3.45. The van der Waals surface area contributed by atoms with Crippen molar-refractivity contribution < 1.29 is 14.4 Å². The van der Waals surface area contributed by atoms with E-state index in [1.165, 1.54) is 16.8 Å². The second-order valence-corrected chi connectivity index (χ2v) is 4.83. The lowest BCUT2D eigenvalue weighted by Gasteiger charge is -2.37.